The average Bonchev–Trinajstić information content (AvgIpc) is 2.90. The van der Waals surface area contributed by atoms with E-state index in [1.54, 1.807) is 31.4 Å². The van der Waals surface area contributed by atoms with Crippen LogP contribution in [0, 0.1) is 0 Å². The highest BCUT2D eigenvalue weighted by atomic mass is 16.5. The van der Waals surface area contributed by atoms with Crippen molar-refractivity contribution in [3.05, 3.63) is 60.2 Å². The Morgan fingerprint density at radius 3 is 2.46 bits per heavy atom. The van der Waals surface area contributed by atoms with E-state index < -0.39 is 6.04 Å². The summed E-state index contributed by atoms with van der Waals surface area (Å²) < 4.78 is 5.10. The first-order valence-electron chi connectivity index (χ1n) is 7.97. The van der Waals surface area contributed by atoms with Crippen molar-refractivity contribution in [1.29, 1.82) is 0 Å². The van der Waals surface area contributed by atoms with Gasteiger partial charge in [0.05, 0.1) is 25.3 Å². The van der Waals surface area contributed by atoms with Gasteiger partial charge in [0.2, 0.25) is 5.91 Å². The normalized spacial score (nSPS) is 17.4. The summed E-state index contributed by atoms with van der Waals surface area (Å²) in [6.07, 6.45) is 1.01. The van der Waals surface area contributed by atoms with Crippen molar-refractivity contribution in [1.82, 2.24) is 5.32 Å². The molecule has 1 saturated heterocycles. The van der Waals surface area contributed by atoms with Gasteiger partial charge in [0, 0.05) is 0 Å². The highest BCUT2D eigenvalue weighted by molar-refractivity contribution is 6.22. The maximum Gasteiger partial charge on any atom is 0.251 e. The van der Waals surface area contributed by atoms with Crippen molar-refractivity contribution in [3.63, 3.8) is 0 Å². The van der Waals surface area contributed by atoms with Gasteiger partial charge in [-0.1, -0.05) is 30.3 Å². The van der Waals surface area contributed by atoms with E-state index in [1.807, 2.05) is 30.3 Å². The molecule has 5 nitrogen and oxygen atoms in total. The first-order chi connectivity index (χ1) is 11.7. The summed E-state index contributed by atoms with van der Waals surface area (Å²) in [4.78, 5) is 26.0. The molecule has 5 heteroatoms. The van der Waals surface area contributed by atoms with Crippen LogP contribution in [0.1, 0.15) is 12.0 Å². The van der Waals surface area contributed by atoms with Crippen molar-refractivity contribution >= 4 is 17.5 Å². The second-order valence-corrected chi connectivity index (χ2v) is 5.71. The van der Waals surface area contributed by atoms with E-state index in [9.17, 15) is 9.59 Å². The summed E-state index contributed by atoms with van der Waals surface area (Å²) in [6.45, 7) is 0.657. The number of ether oxygens (including phenoxy) is 1. The fourth-order valence-corrected chi connectivity index (χ4v) is 2.83. The molecule has 2 aromatic carbocycles. The van der Waals surface area contributed by atoms with E-state index in [0.29, 0.717) is 18.0 Å². The molecule has 1 aliphatic rings. The molecule has 0 unspecified atom stereocenters. The minimum Gasteiger partial charge on any atom is -0.497 e. The first kappa shape index (κ1) is 16.2. The van der Waals surface area contributed by atoms with Crippen molar-refractivity contribution in [3.8, 4) is 5.75 Å². The molecule has 1 fully saturated rings. The predicted molar refractivity (Wildman–Crippen MR) is 92.0 cm³/mol. The van der Waals surface area contributed by atoms with Gasteiger partial charge in [-0.05, 0) is 42.8 Å². The van der Waals surface area contributed by atoms with E-state index in [0.717, 1.165) is 6.42 Å². The second kappa shape index (κ2) is 7.27. The number of carbonyl (C=O) groups excluding carboxylic acids is 2. The van der Waals surface area contributed by atoms with Crippen LogP contribution in [-0.4, -0.2) is 31.5 Å². The molecule has 0 saturated carbocycles. The molecule has 0 aliphatic carbocycles. The standard InChI is InChI=1S/C19H20N2O3/c1-24-16-9-7-15(8-10-16)21-18(22)13-17(19(21)23)20-12-11-14-5-3-2-4-6-14/h2-10,17,20H,11-13H2,1H3/t17-/m1/s1. The second-order valence-electron chi connectivity index (χ2n) is 5.71. The van der Waals surface area contributed by atoms with Gasteiger partial charge in [0.15, 0.2) is 0 Å². The number of methoxy groups -OCH3 is 1. The van der Waals surface area contributed by atoms with Crippen LogP contribution in [0.4, 0.5) is 5.69 Å². The lowest BCUT2D eigenvalue weighted by molar-refractivity contribution is -0.121. The average molecular weight is 324 g/mol. The van der Waals surface area contributed by atoms with Crippen LogP contribution < -0.4 is 15.0 Å². The summed E-state index contributed by atoms with van der Waals surface area (Å²) >= 11 is 0. The minimum absolute atomic E-state index is 0.178. The molecule has 2 amide bonds. The van der Waals surface area contributed by atoms with E-state index in [4.69, 9.17) is 4.74 Å². The third-order valence-electron chi connectivity index (χ3n) is 4.12. The zero-order chi connectivity index (χ0) is 16.9. The number of benzene rings is 2. The Labute approximate surface area is 141 Å². The molecule has 0 spiro atoms. The molecular weight excluding hydrogens is 304 g/mol. The smallest absolute Gasteiger partial charge is 0.251 e. The number of anilines is 1. The van der Waals surface area contributed by atoms with Gasteiger partial charge in [-0.3, -0.25) is 9.59 Å². The molecule has 0 aromatic heterocycles. The van der Waals surface area contributed by atoms with Gasteiger partial charge < -0.3 is 10.1 Å². The number of rotatable bonds is 6. The monoisotopic (exact) mass is 324 g/mol. The number of imide groups is 1. The van der Waals surface area contributed by atoms with Gasteiger partial charge in [-0.2, -0.15) is 0 Å². The fraction of sp³-hybridized carbons (Fsp3) is 0.263. The molecule has 1 atom stereocenters. The van der Waals surface area contributed by atoms with Gasteiger partial charge in [0.1, 0.15) is 5.75 Å². The van der Waals surface area contributed by atoms with Crippen LogP contribution in [0.2, 0.25) is 0 Å². The molecule has 1 aliphatic heterocycles. The Kier molecular flexibility index (Phi) is 4.91. The van der Waals surface area contributed by atoms with E-state index in [2.05, 4.69) is 5.32 Å². The lowest BCUT2D eigenvalue weighted by Crippen LogP contribution is -2.39. The van der Waals surface area contributed by atoms with Crippen molar-refractivity contribution in [2.24, 2.45) is 0 Å². The Morgan fingerprint density at radius 2 is 1.79 bits per heavy atom. The third kappa shape index (κ3) is 3.46. The summed E-state index contributed by atoms with van der Waals surface area (Å²) in [7, 11) is 1.58. The van der Waals surface area contributed by atoms with Crippen LogP contribution in [0.3, 0.4) is 0 Å². The summed E-state index contributed by atoms with van der Waals surface area (Å²) in [5.41, 5.74) is 1.78. The lowest BCUT2D eigenvalue weighted by Gasteiger charge is -2.16. The van der Waals surface area contributed by atoms with Gasteiger partial charge in [-0.25, -0.2) is 4.90 Å². The molecule has 3 rings (SSSR count). The maximum absolute atomic E-state index is 12.5. The molecule has 0 bridgehead atoms. The molecular formula is C19H20N2O3. The number of hydrogen-bond donors (Lipinski definition) is 1. The highest BCUT2D eigenvalue weighted by Crippen LogP contribution is 2.25. The summed E-state index contributed by atoms with van der Waals surface area (Å²) in [5.74, 6) is 0.316. The van der Waals surface area contributed by atoms with E-state index in [1.165, 1.54) is 10.5 Å². The Morgan fingerprint density at radius 1 is 1.08 bits per heavy atom. The van der Waals surface area contributed by atoms with Gasteiger partial charge >= 0.3 is 0 Å². The molecule has 124 valence electrons. The Bertz CT molecular complexity index is 713. The first-order valence-corrected chi connectivity index (χ1v) is 7.97. The quantitative estimate of drug-likeness (QED) is 0.827. The minimum atomic E-state index is -0.455. The zero-order valence-electron chi connectivity index (χ0n) is 13.6. The Hall–Kier alpha value is -2.66. The third-order valence-corrected chi connectivity index (χ3v) is 4.12. The molecule has 2 aromatic rings. The number of hydrogen-bond acceptors (Lipinski definition) is 4. The van der Waals surface area contributed by atoms with Crippen LogP contribution in [0.5, 0.6) is 5.75 Å². The van der Waals surface area contributed by atoms with E-state index >= 15 is 0 Å². The van der Waals surface area contributed by atoms with Crippen molar-refractivity contribution < 1.29 is 14.3 Å². The number of carbonyl (C=O) groups is 2. The summed E-state index contributed by atoms with van der Waals surface area (Å²) in [6, 6.07) is 16.5. The molecule has 24 heavy (non-hydrogen) atoms. The van der Waals surface area contributed by atoms with Gasteiger partial charge in [0.25, 0.3) is 5.91 Å². The molecule has 1 heterocycles. The summed E-state index contributed by atoms with van der Waals surface area (Å²) in [5, 5.41) is 3.20. The van der Waals surface area contributed by atoms with Crippen molar-refractivity contribution in [2.45, 2.75) is 18.9 Å². The van der Waals surface area contributed by atoms with Crippen molar-refractivity contribution in [2.75, 3.05) is 18.6 Å². The van der Waals surface area contributed by atoms with Crippen LogP contribution in [0.15, 0.2) is 54.6 Å². The van der Waals surface area contributed by atoms with E-state index in [-0.39, 0.29) is 18.2 Å². The predicted octanol–water partition coefficient (Wildman–Crippen LogP) is 2.16. The topological polar surface area (TPSA) is 58.6 Å². The fourth-order valence-electron chi connectivity index (χ4n) is 2.83. The zero-order valence-corrected chi connectivity index (χ0v) is 13.6. The van der Waals surface area contributed by atoms with Gasteiger partial charge in [-0.15, -0.1) is 0 Å². The molecule has 1 N–H and O–H groups in total. The van der Waals surface area contributed by atoms with Crippen LogP contribution >= 0.6 is 0 Å². The number of nitrogens with zero attached hydrogens (tertiary/aromatic N) is 1. The highest BCUT2D eigenvalue weighted by Gasteiger charge is 2.39. The SMILES string of the molecule is COc1ccc(N2C(=O)C[C@@H](NCCc3ccccc3)C2=O)cc1. The Balaban J connectivity index is 1.61. The number of nitrogens with one attached hydrogen (secondary N) is 1. The number of amides is 2. The largest absolute Gasteiger partial charge is 0.497 e. The van der Waals surface area contributed by atoms with Crippen LogP contribution in [-0.2, 0) is 16.0 Å². The maximum atomic E-state index is 12.5. The molecule has 0 radical (unpaired) electrons. The lowest BCUT2D eigenvalue weighted by atomic mass is 10.1. The van der Waals surface area contributed by atoms with Crippen LogP contribution in [0.25, 0.3) is 0 Å².